The van der Waals surface area contributed by atoms with Crippen molar-refractivity contribution in [2.24, 2.45) is 4.99 Å². The number of H-pyrrole nitrogens is 1. The number of nitrogens with one attached hydrogen (secondary N) is 1. The summed E-state index contributed by atoms with van der Waals surface area (Å²) in [5, 5.41) is 8.72. The van der Waals surface area contributed by atoms with Gasteiger partial charge < -0.3 is 0 Å². The van der Waals surface area contributed by atoms with E-state index >= 15 is 0 Å². The number of isothiocyanates is 1. The van der Waals surface area contributed by atoms with Gasteiger partial charge in [0.25, 0.3) is 0 Å². The summed E-state index contributed by atoms with van der Waals surface area (Å²) in [6.07, 6.45) is 1.61. The van der Waals surface area contributed by atoms with E-state index in [0.29, 0.717) is 0 Å². The summed E-state index contributed by atoms with van der Waals surface area (Å²) < 4.78 is 0. The van der Waals surface area contributed by atoms with Crippen molar-refractivity contribution >= 4 is 23.1 Å². The Bertz CT molecular complexity index is 246. The molecule has 0 aliphatic rings. The first kappa shape index (κ1) is 6.13. The van der Waals surface area contributed by atoms with Gasteiger partial charge in [0.1, 0.15) is 5.69 Å². The Morgan fingerprint density at radius 1 is 1.89 bits per heavy atom. The zero-order valence-electron chi connectivity index (χ0n) is 4.88. The number of hydrogen-bond acceptors (Lipinski definition) is 3. The third-order valence-electron chi connectivity index (χ3n) is 0.969. The van der Waals surface area contributed by atoms with Gasteiger partial charge in [-0.05, 0) is 19.1 Å². The van der Waals surface area contributed by atoms with Crippen LogP contribution >= 0.6 is 12.2 Å². The molecular weight excluding hydrogens is 134 g/mol. The number of rotatable bonds is 1. The standard InChI is InChI=1S/C5H5N3S/c1-4-5(6-3-9)2-7-8-4/h2H,1H3,(H,7,8). The Balaban J connectivity index is 3.07. The van der Waals surface area contributed by atoms with E-state index in [1.165, 1.54) is 0 Å². The average molecular weight is 139 g/mol. The Hall–Kier alpha value is -0.990. The van der Waals surface area contributed by atoms with Crippen LogP contribution in [0.3, 0.4) is 0 Å². The summed E-state index contributed by atoms with van der Waals surface area (Å²) in [7, 11) is 0. The van der Waals surface area contributed by atoms with Gasteiger partial charge in [-0.15, -0.1) is 0 Å². The maximum absolute atomic E-state index is 4.40. The van der Waals surface area contributed by atoms with Crippen LogP contribution in [0.25, 0.3) is 0 Å². The molecule has 1 N–H and O–H groups in total. The minimum Gasteiger partial charge on any atom is -0.281 e. The number of aliphatic imine (C=N–C) groups is 1. The number of aromatic amines is 1. The first-order valence-corrected chi connectivity index (χ1v) is 2.83. The van der Waals surface area contributed by atoms with Crippen molar-refractivity contribution in [3.05, 3.63) is 11.9 Å². The molecule has 0 atom stereocenters. The van der Waals surface area contributed by atoms with E-state index in [1.807, 2.05) is 6.92 Å². The van der Waals surface area contributed by atoms with Crippen molar-refractivity contribution in [3.63, 3.8) is 0 Å². The molecule has 46 valence electrons. The molecule has 1 aromatic rings. The molecule has 0 radical (unpaired) electrons. The number of thiocarbonyl (C=S) groups is 1. The first-order chi connectivity index (χ1) is 4.34. The zero-order valence-corrected chi connectivity index (χ0v) is 5.70. The van der Waals surface area contributed by atoms with Gasteiger partial charge in [-0.25, -0.2) is 0 Å². The molecule has 0 unspecified atom stereocenters. The van der Waals surface area contributed by atoms with Crippen LogP contribution in [0.1, 0.15) is 5.69 Å². The Morgan fingerprint density at radius 2 is 2.67 bits per heavy atom. The lowest BCUT2D eigenvalue weighted by Crippen LogP contribution is -1.67. The smallest absolute Gasteiger partial charge is 0.114 e. The van der Waals surface area contributed by atoms with E-state index in [1.54, 1.807) is 6.20 Å². The molecule has 0 saturated heterocycles. The quantitative estimate of drug-likeness (QED) is 0.472. The zero-order chi connectivity index (χ0) is 6.69. The van der Waals surface area contributed by atoms with Crippen molar-refractivity contribution in [2.75, 3.05) is 0 Å². The fraction of sp³-hybridized carbons (Fsp3) is 0.200. The van der Waals surface area contributed by atoms with Crippen LogP contribution in [-0.2, 0) is 0 Å². The van der Waals surface area contributed by atoms with Crippen molar-refractivity contribution in [2.45, 2.75) is 6.92 Å². The van der Waals surface area contributed by atoms with E-state index in [0.717, 1.165) is 11.4 Å². The van der Waals surface area contributed by atoms with Crippen LogP contribution in [0.4, 0.5) is 5.69 Å². The van der Waals surface area contributed by atoms with Crippen molar-refractivity contribution < 1.29 is 0 Å². The minimum atomic E-state index is 0.755. The van der Waals surface area contributed by atoms with Crippen molar-refractivity contribution in [1.82, 2.24) is 10.2 Å². The first-order valence-electron chi connectivity index (χ1n) is 2.42. The van der Waals surface area contributed by atoms with E-state index in [-0.39, 0.29) is 0 Å². The highest BCUT2D eigenvalue weighted by Gasteiger charge is 1.93. The molecule has 0 aliphatic heterocycles. The summed E-state index contributed by atoms with van der Waals surface area (Å²) in [4.78, 5) is 3.74. The third-order valence-corrected chi connectivity index (χ3v) is 1.06. The highest BCUT2D eigenvalue weighted by atomic mass is 32.1. The van der Waals surface area contributed by atoms with Crippen LogP contribution in [0.2, 0.25) is 0 Å². The molecule has 9 heavy (non-hydrogen) atoms. The lowest BCUT2D eigenvalue weighted by molar-refractivity contribution is 1.05. The minimum absolute atomic E-state index is 0.755. The molecule has 0 aliphatic carbocycles. The molecule has 0 amide bonds. The van der Waals surface area contributed by atoms with E-state index in [9.17, 15) is 0 Å². The number of aromatic nitrogens is 2. The number of nitrogens with zero attached hydrogens (tertiary/aromatic N) is 2. The molecule has 0 saturated carbocycles. The SMILES string of the molecule is Cc1[nH]ncc1N=C=S. The Labute approximate surface area is 57.8 Å². The van der Waals surface area contributed by atoms with Gasteiger partial charge in [0.2, 0.25) is 0 Å². The summed E-state index contributed by atoms with van der Waals surface area (Å²) >= 11 is 4.40. The third kappa shape index (κ3) is 1.22. The van der Waals surface area contributed by atoms with Gasteiger partial charge in [0.15, 0.2) is 0 Å². The lowest BCUT2D eigenvalue weighted by Gasteiger charge is -1.80. The van der Waals surface area contributed by atoms with E-state index in [4.69, 9.17) is 0 Å². The molecule has 0 aromatic carbocycles. The van der Waals surface area contributed by atoms with E-state index in [2.05, 4.69) is 32.6 Å². The molecule has 0 bridgehead atoms. The molecule has 0 fully saturated rings. The van der Waals surface area contributed by atoms with Crippen LogP contribution in [0, 0.1) is 6.92 Å². The highest BCUT2D eigenvalue weighted by molar-refractivity contribution is 7.78. The maximum Gasteiger partial charge on any atom is 0.114 e. The molecule has 3 nitrogen and oxygen atoms in total. The summed E-state index contributed by atoms with van der Waals surface area (Å²) in [6, 6.07) is 0. The van der Waals surface area contributed by atoms with E-state index < -0.39 is 0 Å². The second kappa shape index (κ2) is 2.53. The van der Waals surface area contributed by atoms with Crippen LogP contribution in [0.15, 0.2) is 11.2 Å². The molecule has 1 heterocycles. The number of aryl methyl sites for hydroxylation is 1. The Morgan fingerprint density at radius 3 is 3.11 bits per heavy atom. The van der Waals surface area contributed by atoms with Gasteiger partial charge in [-0.1, -0.05) is 0 Å². The molecule has 0 spiro atoms. The largest absolute Gasteiger partial charge is 0.281 e. The summed E-state index contributed by atoms with van der Waals surface area (Å²) in [6.45, 7) is 1.87. The predicted molar refractivity (Wildman–Crippen MR) is 38.0 cm³/mol. The highest BCUT2D eigenvalue weighted by Crippen LogP contribution is 2.11. The molecule has 1 aromatic heterocycles. The fourth-order valence-electron chi connectivity index (χ4n) is 0.506. The van der Waals surface area contributed by atoms with Crippen LogP contribution < -0.4 is 0 Å². The van der Waals surface area contributed by atoms with Gasteiger partial charge >= 0.3 is 0 Å². The van der Waals surface area contributed by atoms with Crippen LogP contribution in [-0.4, -0.2) is 15.4 Å². The van der Waals surface area contributed by atoms with Crippen molar-refractivity contribution in [3.8, 4) is 0 Å². The van der Waals surface area contributed by atoms with Crippen LogP contribution in [0.5, 0.6) is 0 Å². The summed E-state index contributed by atoms with van der Waals surface area (Å²) in [5.41, 5.74) is 1.66. The lowest BCUT2D eigenvalue weighted by atomic mass is 10.4. The van der Waals surface area contributed by atoms with Gasteiger partial charge in [-0.2, -0.15) is 10.1 Å². The van der Waals surface area contributed by atoms with Gasteiger partial charge in [0, 0.05) is 0 Å². The molecular formula is C5H5N3S. The normalized spacial score (nSPS) is 8.56. The van der Waals surface area contributed by atoms with Crippen molar-refractivity contribution in [1.29, 1.82) is 0 Å². The maximum atomic E-state index is 4.40. The fourth-order valence-corrected chi connectivity index (χ4v) is 0.605. The molecule has 4 heteroatoms. The second-order valence-corrected chi connectivity index (χ2v) is 1.77. The van der Waals surface area contributed by atoms with Gasteiger partial charge in [-0.3, -0.25) is 5.10 Å². The topological polar surface area (TPSA) is 41.0 Å². The predicted octanol–water partition coefficient (Wildman–Crippen LogP) is 1.45. The second-order valence-electron chi connectivity index (χ2n) is 1.58. The van der Waals surface area contributed by atoms with Gasteiger partial charge in [0.05, 0.1) is 17.1 Å². The summed E-state index contributed by atoms with van der Waals surface area (Å²) in [5.74, 6) is 0. The Kier molecular flexibility index (Phi) is 1.72. The molecule has 1 rings (SSSR count). The monoisotopic (exact) mass is 139 g/mol. The number of hydrogen-bond donors (Lipinski definition) is 1. The average Bonchev–Trinajstić information content (AvgIpc) is 2.18.